The number of aliphatic imine (C=N–C) groups is 1. The van der Waals surface area contributed by atoms with Crippen LogP contribution < -0.4 is 0 Å². The zero-order chi connectivity index (χ0) is 20.2. The summed E-state index contributed by atoms with van der Waals surface area (Å²) in [5.74, 6) is 0.500. The average Bonchev–Trinajstić information content (AvgIpc) is 3.41. The SMILES string of the molecule is CC.O=C(c1ccc2n[nH]c(Cc3ccc4c(c3)C=NC4)c2c1)C1CCCCC1.[HH]. The summed E-state index contributed by atoms with van der Waals surface area (Å²) < 4.78 is 0. The number of nitrogens with zero attached hydrogens (tertiary/aromatic N) is 2. The monoisotopic (exact) mass is 389 g/mol. The molecule has 1 N–H and O–H groups in total. The van der Waals surface area contributed by atoms with Crippen molar-refractivity contribution in [3.63, 3.8) is 0 Å². The minimum atomic E-state index is 0. The first-order valence-corrected chi connectivity index (χ1v) is 10.9. The third-order valence-corrected chi connectivity index (χ3v) is 5.98. The molecule has 0 amide bonds. The molecular weight excluding hydrogens is 358 g/mol. The highest BCUT2D eigenvalue weighted by Crippen LogP contribution is 2.29. The van der Waals surface area contributed by atoms with Crippen molar-refractivity contribution < 1.29 is 6.22 Å². The zero-order valence-electron chi connectivity index (χ0n) is 17.4. The Morgan fingerprint density at radius 3 is 2.76 bits per heavy atom. The molecule has 1 saturated carbocycles. The second-order valence-corrected chi connectivity index (χ2v) is 7.81. The van der Waals surface area contributed by atoms with Gasteiger partial charge in [-0.3, -0.25) is 14.9 Å². The Labute approximate surface area is 173 Å². The third-order valence-electron chi connectivity index (χ3n) is 5.98. The van der Waals surface area contributed by atoms with Crippen LogP contribution in [0.3, 0.4) is 0 Å². The maximum atomic E-state index is 12.9. The molecule has 1 aliphatic carbocycles. The van der Waals surface area contributed by atoms with Gasteiger partial charge in [-0.25, -0.2) is 0 Å². The van der Waals surface area contributed by atoms with Crippen LogP contribution in [0.2, 0.25) is 0 Å². The molecule has 0 unspecified atom stereocenters. The first-order valence-electron chi connectivity index (χ1n) is 10.9. The molecule has 2 heterocycles. The van der Waals surface area contributed by atoms with Gasteiger partial charge in [-0.15, -0.1) is 0 Å². The number of hydrogen-bond donors (Lipinski definition) is 1. The molecule has 1 fully saturated rings. The minimum absolute atomic E-state index is 0. The maximum Gasteiger partial charge on any atom is 0.165 e. The molecule has 2 aliphatic rings. The summed E-state index contributed by atoms with van der Waals surface area (Å²) in [5, 5.41) is 8.68. The summed E-state index contributed by atoms with van der Waals surface area (Å²) in [6, 6.07) is 12.5. The normalized spacial score (nSPS) is 15.8. The van der Waals surface area contributed by atoms with Crippen molar-refractivity contribution in [3.8, 4) is 0 Å². The number of rotatable bonds is 4. The smallest absolute Gasteiger partial charge is 0.165 e. The summed E-state index contributed by atoms with van der Waals surface area (Å²) in [6.45, 7) is 4.79. The van der Waals surface area contributed by atoms with Crippen LogP contribution in [0.25, 0.3) is 10.9 Å². The van der Waals surface area contributed by atoms with Crippen molar-refractivity contribution in [1.82, 2.24) is 10.2 Å². The van der Waals surface area contributed by atoms with Crippen molar-refractivity contribution in [2.45, 2.75) is 58.9 Å². The van der Waals surface area contributed by atoms with Gasteiger partial charge in [-0.2, -0.15) is 5.10 Å². The molecule has 4 nitrogen and oxygen atoms in total. The first-order chi connectivity index (χ1) is 14.3. The van der Waals surface area contributed by atoms with Crippen LogP contribution in [-0.2, 0) is 13.0 Å². The van der Waals surface area contributed by atoms with E-state index in [9.17, 15) is 4.79 Å². The summed E-state index contributed by atoms with van der Waals surface area (Å²) in [4.78, 5) is 17.2. The van der Waals surface area contributed by atoms with Crippen LogP contribution in [0, 0.1) is 5.92 Å². The van der Waals surface area contributed by atoms with Crippen LogP contribution in [-0.4, -0.2) is 22.2 Å². The molecule has 4 heteroatoms. The van der Waals surface area contributed by atoms with E-state index in [0.717, 1.165) is 48.0 Å². The molecular formula is C25H31N3O. The topological polar surface area (TPSA) is 58.1 Å². The molecule has 1 aromatic heterocycles. The molecule has 152 valence electrons. The number of carbonyl (C=O) groups is 1. The van der Waals surface area contributed by atoms with E-state index >= 15 is 0 Å². The number of carbonyl (C=O) groups excluding carboxylic acids is 1. The standard InChI is InChI=1S/C23H23N3O.C2H6.H2/c27-23(16-4-2-1-3-5-16)17-8-9-21-20(12-17)22(26-25-21)11-15-6-7-18-13-24-14-19(18)10-15;1-2;/h6-10,12,14,16H,1-5,11,13H2,(H,25,26);1-2H3;1H. The highest BCUT2D eigenvalue weighted by Gasteiger charge is 2.23. The van der Waals surface area contributed by atoms with Crippen molar-refractivity contribution in [2.24, 2.45) is 10.9 Å². The Kier molecular flexibility index (Phi) is 5.89. The van der Waals surface area contributed by atoms with E-state index in [1.165, 1.54) is 36.0 Å². The Bertz CT molecular complexity index is 1050. The van der Waals surface area contributed by atoms with Gasteiger partial charge in [0.15, 0.2) is 5.78 Å². The van der Waals surface area contributed by atoms with Gasteiger partial charge in [0.05, 0.1) is 12.1 Å². The number of aromatic amines is 1. The van der Waals surface area contributed by atoms with Gasteiger partial charge in [0, 0.05) is 36.6 Å². The zero-order valence-corrected chi connectivity index (χ0v) is 17.4. The fourth-order valence-corrected chi connectivity index (χ4v) is 4.42. The van der Waals surface area contributed by atoms with Crippen LogP contribution in [0.5, 0.6) is 0 Å². The van der Waals surface area contributed by atoms with Crippen LogP contribution in [0.1, 0.15) is 80.1 Å². The Hall–Kier alpha value is -2.75. The number of benzene rings is 2. The Balaban J connectivity index is 0.000000830. The van der Waals surface area contributed by atoms with Crippen molar-refractivity contribution >= 4 is 22.9 Å². The van der Waals surface area contributed by atoms with Gasteiger partial charge in [-0.05, 0) is 53.8 Å². The van der Waals surface area contributed by atoms with E-state index in [-0.39, 0.29) is 7.34 Å². The summed E-state index contributed by atoms with van der Waals surface area (Å²) in [5.41, 5.74) is 6.55. The number of fused-ring (bicyclic) bond motifs is 2. The fraction of sp³-hybridized carbons (Fsp3) is 0.400. The molecule has 0 radical (unpaired) electrons. The quantitative estimate of drug-likeness (QED) is 0.546. The Morgan fingerprint density at radius 2 is 1.93 bits per heavy atom. The molecule has 0 saturated heterocycles. The van der Waals surface area contributed by atoms with E-state index in [4.69, 9.17) is 0 Å². The average molecular weight is 390 g/mol. The summed E-state index contributed by atoms with van der Waals surface area (Å²) in [6.07, 6.45) is 8.41. The second-order valence-electron chi connectivity index (χ2n) is 7.81. The summed E-state index contributed by atoms with van der Waals surface area (Å²) in [7, 11) is 0. The lowest BCUT2D eigenvalue weighted by atomic mass is 9.83. The van der Waals surface area contributed by atoms with Crippen LogP contribution >= 0.6 is 0 Å². The Morgan fingerprint density at radius 1 is 1.10 bits per heavy atom. The van der Waals surface area contributed by atoms with Crippen molar-refractivity contribution in [2.75, 3.05) is 0 Å². The van der Waals surface area contributed by atoms with Gasteiger partial charge >= 0.3 is 0 Å². The molecule has 0 spiro atoms. The molecule has 1 aliphatic heterocycles. The molecule has 0 atom stereocenters. The molecule has 0 bridgehead atoms. The van der Waals surface area contributed by atoms with Gasteiger partial charge < -0.3 is 0 Å². The second kappa shape index (κ2) is 8.73. The highest BCUT2D eigenvalue weighted by atomic mass is 16.1. The maximum absolute atomic E-state index is 12.9. The van der Waals surface area contributed by atoms with E-state index < -0.39 is 0 Å². The first kappa shape index (κ1) is 19.6. The fourth-order valence-electron chi connectivity index (χ4n) is 4.42. The number of nitrogens with one attached hydrogen (secondary N) is 1. The van der Waals surface area contributed by atoms with Crippen molar-refractivity contribution in [1.29, 1.82) is 0 Å². The third kappa shape index (κ3) is 4.02. The molecule has 2 aromatic carbocycles. The van der Waals surface area contributed by atoms with Crippen molar-refractivity contribution in [3.05, 3.63) is 64.3 Å². The van der Waals surface area contributed by atoms with E-state index in [1.807, 2.05) is 38.3 Å². The van der Waals surface area contributed by atoms with Crippen LogP contribution in [0.4, 0.5) is 0 Å². The number of hydrogen-bond acceptors (Lipinski definition) is 3. The van der Waals surface area contributed by atoms with E-state index in [1.54, 1.807) is 0 Å². The molecule has 5 rings (SSSR count). The number of ketones is 1. The number of aromatic nitrogens is 2. The van der Waals surface area contributed by atoms with E-state index in [0.29, 0.717) is 5.78 Å². The molecule has 29 heavy (non-hydrogen) atoms. The van der Waals surface area contributed by atoms with Gasteiger partial charge in [0.2, 0.25) is 0 Å². The van der Waals surface area contributed by atoms with E-state index in [2.05, 4.69) is 33.4 Å². The lowest BCUT2D eigenvalue weighted by molar-refractivity contribution is 0.0889. The lowest BCUT2D eigenvalue weighted by Gasteiger charge is -2.20. The van der Waals surface area contributed by atoms with Gasteiger partial charge in [-0.1, -0.05) is 45.2 Å². The van der Waals surface area contributed by atoms with Gasteiger partial charge in [0.1, 0.15) is 0 Å². The highest BCUT2D eigenvalue weighted by molar-refractivity contribution is 6.01. The lowest BCUT2D eigenvalue weighted by Crippen LogP contribution is -2.17. The predicted molar refractivity (Wildman–Crippen MR) is 121 cm³/mol. The minimum Gasteiger partial charge on any atom is -0.294 e. The summed E-state index contributed by atoms with van der Waals surface area (Å²) >= 11 is 0. The molecule has 3 aromatic rings. The van der Waals surface area contributed by atoms with Gasteiger partial charge in [0.25, 0.3) is 0 Å². The number of Topliss-reactive ketones (excluding diaryl/α,β-unsaturated/α-hetero) is 1. The van der Waals surface area contributed by atoms with Crippen LogP contribution in [0.15, 0.2) is 41.4 Å². The number of H-pyrrole nitrogens is 1. The largest absolute Gasteiger partial charge is 0.294 e. The predicted octanol–water partition coefficient (Wildman–Crippen LogP) is 6.12.